The van der Waals surface area contributed by atoms with Crippen molar-refractivity contribution in [3.05, 3.63) is 22.2 Å². The summed E-state index contributed by atoms with van der Waals surface area (Å²) in [6.07, 6.45) is 4.41. The van der Waals surface area contributed by atoms with Crippen molar-refractivity contribution in [2.75, 3.05) is 6.79 Å². The summed E-state index contributed by atoms with van der Waals surface area (Å²) < 4.78 is 12.0. The van der Waals surface area contributed by atoms with Gasteiger partial charge in [-0.15, -0.1) is 0 Å². The Morgan fingerprint density at radius 3 is 2.69 bits per heavy atom. The normalized spacial score (nSPS) is 21.4. The predicted molar refractivity (Wildman–Crippen MR) is 64.6 cm³/mol. The molecular weight excluding hydrogens is 270 g/mol. The zero-order valence-corrected chi connectivity index (χ0v) is 10.5. The fourth-order valence-electron chi connectivity index (χ4n) is 2.67. The van der Waals surface area contributed by atoms with Crippen LogP contribution in [-0.4, -0.2) is 6.79 Å². The lowest BCUT2D eigenvalue weighted by Gasteiger charge is -2.26. The van der Waals surface area contributed by atoms with E-state index in [1.54, 1.807) is 0 Å². The van der Waals surface area contributed by atoms with E-state index in [2.05, 4.69) is 15.9 Å². The van der Waals surface area contributed by atoms with Crippen molar-refractivity contribution >= 4 is 15.9 Å². The number of fused-ring (bicyclic) bond motifs is 1. The molecule has 4 heteroatoms. The van der Waals surface area contributed by atoms with Crippen molar-refractivity contribution in [3.63, 3.8) is 0 Å². The highest BCUT2D eigenvalue weighted by molar-refractivity contribution is 9.10. The van der Waals surface area contributed by atoms with Crippen LogP contribution in [0, 0.1) is 0 Å². The van der Waals surface area contributed by atoms with Crippen LogP contribution in [0.15, 0.2) is 16.6 Å². The van der Waals surface area contributed by atoms with E-state index in [4.69, 9.17) is 15.2 Å². The number of rotatable bonds is 1. The number of nitrogens with two attached hydrogens (primary N) is 1. The Morgan fingerprint density at radius 1 is 1.19 bits per heavy atom. The Morgan fingerprint density at radius 2 is 1.94 bits per heavy atom. The molecule has 1 heterocycles. The number of halogens is 1. The van der Waals surface area contributed by atoms with Gasteiger partial charge in [0.1, 0.15) is 0 Å². The molecule has 1 saturated carbocycles. The van der Waals surface area contributed by atoms with Gasteiger partial charge in [-0.2, -0.15) is 0 Å². The van der Waals surface area contributed by atoms with Gasteiger partial charge in [0.25, 0.3) is 0 Å². The monoisotopic (exact) mass is 283 g/mol. The SMILES string of the molecule is NC1(c2c(Br)ccc3c2OCO3)CCCC1. The van der Waals surface area contributed by atoms with Gasteiger partial charge in [-0.1, -0.05) is 28.8 Å². The van der Waals surface area contributed by atoms with E-state index < -0.39 is 0 Å². The van der Waals surface area contributed by atoms with Crippen LogP contribution in [0.3, 0.4) is 0 Å². The molecule has 1 aromatic carbocycles. The molecule has 2 aliphatic rings. The molecule has 0 unspecified atom stereocenters. The third kappa shape index (κ3) is 1.44. The first-order valence-corrected chi connectivity index (χ1v) is 6.37. The summed E-state index contributed by atoms with van der Waals surface area (Å²) in [5.41, 5.74) is 7.32. The molecule has 2 N–H and O–H groups in total. The summed E-state index contributed by atoms with van der Waals surface area (Å²) >= 11 is 3.58. The molecule has 1 aromatic rings. The molecule has 0 atom stereocenters. The van der Waals surface area contributed by atoms with Crippen molar-refractivity contribution in [1.82, 2.24) is 0 Å². The molecule has 1 aliphatic carbocycles. The smallest absolute Gasteiger partial charge is 0.231 e. The summed E-state index contributed by atoms with van der Waals surface area (Å²) in [4.78, 5) is 0. The van der Waals surface area contributed by atoms with Crippen LogP contribution in [0.1, 0.15) is 31.2 Å². The fourth-order valence-corrected chi connectivity index (χ4v) is 3.38. The van der Waals surface area contributed by atoms with Crippen molar-refractivity contribution in [1.29, 1.82) is 0 Å². The molecule has 0 saturated heterocycles. The molecule has 0 spiro atoms. The minimum absolute atomic E-state index is 0.252. The Bertz CT molecular complexity index is 427. The van der Waals surface area contributed by atoms with Gasteiger partial charge in [0.05, 0.1) is 0 Å². The molecule has 0 amide bonds. The summed E-state index contributed by atoms with van der Waals surface area (Å²) in [7, 11) is 0. The lowest BCUT2D eigenvalue weighted by Crippen LogP contribution is -2.33. The van der Waals surface area contributed by atoms with Crippen LogP contribution in [0.2, 0.25) is 0 Å². The first-order valence-electron chi connectivity index (χ1n) is 5.58. The fraction of sp³-hybridized carbons (Fsp3) is 0.500. The third-order valence-corrected chi connectivity index (χ3v) is 4.14. The van der Waals surface area contributed by atoms with Gasteiger partial charge in [0.15, 0.2) is 11.5 Å². The van der Waals surface area contributed by atoms with Crippen LogP contribution in [0.4, 0.5) is 0 Å². The Hall–Kier alpha value is -0.740. The molecule has 1 aliphatic heterocycles. The molecule has 0 radical (unpaired) electrons. The maximum atomic E-state index is 6.49. The lowest BCUT2D eigenvalue weighted by atomic mass is 9.88. The number of hydrogen-bond acceptors (Lipinski definition) is 3. The first-order chi connectivity index (χ1) is 7.71. The highest BCUT2D eigenvalue weighted by Crippen LogP contribution is 2.49. The second kappa shape index (κ2) is 3.64. The average molecular weight is 284 g/mol. The second-order valence-corrected chi connectivity index (χ2v) is 5.37. The molecule has 3 nitrogen and oxygen atoms in total. The van der Waals surface area contributed by atoms with Gasteiger partial charge in [0.2, 0.25) is 6.79 Å². The van der Waals surface area contributed by atoms with Crippen molar-refractivity contribution < 1.29 is 9.47 Å². The van der Waals surface area contributed by atoms with E-state index in [1.807, 2.05) is 12.1 Å². The second-order valence-electron chi connectivity index (χ2n) is 4.52. The number of benzene rings is 1. The highest BCUT2D eigenvalue weighted by Gasteiger charge is 2.38. The van der Waals surface area contributed by atoms with Crippen LogP contribution in [0.5, 0.6) is 11.5 Å². The van der Waals surface area contributed by atoms with Gasteiger partial charge in [-0.05, 0) is 25.0 Å². The quantitative estimate of drug-likeness (QED) is 0.862. The number of ether oxygens (including phenoxy) is 2. The predicted octanol–water partition coefficient (Wildman–Crippen LogP) is 2.91. The van der Waals surface area contributed by atoms with E-state index >= 15 is 0 Å². The minimum atomic E-state index is -0.252. The van der Waals surface area contributed by atoms with E-state index in [9.17, 15) is 0 Å². The van der Waals surface area contributed by atoms with Gasteiger partial charge in [-0.25, -0.2) is 0 Å². The van der Waals surface area contributed by atoms with E-state index in [1.165, 1.54) is 12.8 Å². The molecular formula is C12H14BrNO2. The Labute approximate surface area is 103 Å². The van der Waals surface area contributed by atoms with Crippen molar-refractivity contribution in [3.8, 4) is 11.5 Å². The van der Waals surface area contributed by atoms with E-state index in [0.29, 0.717) is 6.79 Å². The van der Waals surface area contributed by atoms with Crippen LogP contribution >= 0.6 is 15.9 Å². The summed E-state index contributed by atoms with van der Waals surface area (Å²) in [6.45, 7) is 0.300. The summed E-state index contributed by atoms with van der Waals surface area (Å²) in [5, 5.41) is 0. The standard InChI is InChI=1S/C12H14BrNO2/c13-8-3-4-9-11(16-7-15-9)10(8)12(14)5-1-2-6-12/h3-4H,1-2,5-7,14H2. The van der Waals surface area contributed by atoms with Crippen LogP contribution in [0.25, 0.3) is 0 Å². The zero-order valence-electron chi connectivity index (χ0n) is 8.96. The lowest BCUT2D eigenvalue weighted by molar-refractivity contribution is 0.172. The molecule has 0 aromatic heterocycles. The van der Waals surface area contributed by atoms with Gasteiger partial charge in [0, 0.05) is 15.6 Å². The van der Waals surface area contributed by atoms with Crippen molar-refractivity contribution in [2.45, 2.75) is 31.2 Å². The van der Waals surface area contributed by atoms with E-state index in [0.717, 1.165) is 34.4 Å². The Kier molecular flexibility index (Phi) is 2.37. The maximum absolute atomic E-state index is 6.49. The largest absolute Gasteiger partial charge is 0.454 e. The van der Waals surface area contributed by atoms with Crippen LogP contribution in [-0.2, 0) is 5.54 Å². The molecule has 86 valence electrons. The first kappa shape index (κ1) is 10.4. The topological polar surface area (TPSA) is 44.5 Å². The van der Waals surface area contributed by atoms with Gasteiger partial charge in [-0.3, -0.25) is 0 Å². The minimum Gasteiger partial charge on any atom is -0.454 e. The summed E-state index contributed by atoms with van der Waals surface area (Å²) in [6, 6.07) is 3.92. The molecule has 16 heavy (non-hydrogen) atoms. The van der Waals surface area contributed by atoms with Gasteiger partial charge >= 0.3 is 0 Å². The Balaban J connectivity index is 2.15. The molecule has 3 rings (SSSR count). The number of hydrogen-bond donors (Lipinski definition) is 1. The van der Waals surface area contributed by atoms with Gasteiger partial charge < -0.3 is 15.2 Å². The van der Waals surface area contributed by atoms with Crippen molar-refractivity contribution in [2.24, 2.45) is 5.73 Å². The summed E-state index contributed by atoms with van der Waals surface area (Å²) in [5.74, 6) is 1.65. The average Bonchev–Trinajstić information content (AvgIpc) is 2.86. The maximum Gasteiger partial charge on any atom is 0.231 e. The van der Waals surface area contributed by atoms with Crippen LogP contribution < -0.4 is 15.2 Å². The molecule has 1 fully saturated rings. The molecule has 0 bridgehead atoms. The highest BCUT2D eigenvalue weighted by atomic mass is 79.9. The zero-order chi connectivity index (χ0) is 11.2. The van der Waals surface area contributed by atoms with E-state index in [-0.39, 0.29) is 5.54 Å². The third-order valence-electron chi connectivity index (χ3n) is 3.48.